The van der Waals surface area contributed by atoms with E-state index in [2.05, 4.69) is 5.32 Å². The van der Waals surface area contributed by atoms with Gasteiger partial charge in [0.1, 0.15) is 28.2 Å². The van der Waals surface area contributed by atoms with Crippen molar-refractivity contribution in [3.63, 3.8) is 0 Å². The first-order valence-corrected chi connectivity index (χ1v) is 12.2. The van der Waals surface area contributed by atoms with Crippen LogP contribution < -0.4 is 14.8 Å². The summed E-state index contributed by atoms with van der Waals surface area (Å²) in [4.78, 5) is 14.3. The third-order valence-electron chi connectivity index (χ3n) is 6.10. The summed E-state index contributed by atoms with van der Waals surface area (Å²) in [5.41, 5.74) is 3.70. The van der Waals surface area contributed by atoms with Gasteiger partial charge in [-0.25, -0.2) is 0 Å². The van der Waals surface area contributed by atoms with Crippen LogP contribution >= 0.6 is 11.3 Å². The van der Waals surface area contributed by atoms with Crippen LogP contribution in [-0.4, -0.2) is 30.1 Å². The predicted octanol–water partition coefficient (Wildman–Crippen LogP) is 6.30. The van der Waals surface area contributed by atoms with Crippen LogP contribution in [0.1, 0.15) is 38.3 Å². The highest BCUT2D eigenvalue weighted by Gasteiger charge is 2.25. The maximum absolute atomic E-state index is 13.8. The Labute approximate surface area is 203 Å². The minimum absolute atomic E-state index is 0.0700. The summed E-state index contributed by atoms with van der Waals surface area (Å²) < 4.78 is 13.1. The number of hydrogen-bond acceptors (Lipinski definition) is 6. The highest BCUT2D eigenvalue weighted by molar-refractivity contribution is 7.21. The maximum Gasteiger partial charge on any atom is 0.207 e. The molecule has 4 aromatic rings. The molecule has 0 saturated carbocycles. The number of nitrogens with one attached hydrogen (secondary N) is 1. The zero-order chi connectivity index (χ0) is 23.8. The lowest BCUT2D eigenvalue weighted by Crippen LogP contribution is -2.19. The van der Waals surface area contributed by atoms with E-state index in [9.17, 15) is 9.90 Å². The molecule has 5 nitrogen and oxygen atoms in total. The molecule has 2 N–H and O–H groups in total. The number of aryl methyl sites for hydroxylation is 3. The number of hydrogen-bond donors (Lipinski definition) is 2. The molecule has 1 fully saturated rings. The largest absolute Gasteiger partial charge is 0.508 e. The fourth-order valence-corrected chi connectivity index (χ4v) is 5.70. The number of carbonyl (C=O) groups excluding carboxylic acids is 1. The quantitative estimate of drug-likeness (QED) is 0.322. The molecule has 3 aromatic carbocycles. The summed E-state index contributed by atoms with van der Waals surface area (Å²) in [5.74, 6) is 2.02. The predicted molar refractivity (Wildman–Crippen MR) is 136 cm³/mol. The van der Waals surface area contributed by atoms with Gasteiger partial charge in [0.25, 0.3) is 0 Å². The number of ether oxygens (including phenoxy) is 2. The van der Waals surface area contributed by atoms with Crippen molar-refractivity contribution in [3.8, 4) is 23.0 Å². The third-order valence-corrected chi connectivity index (χ3v) is 7.23. The van der Waals surface area contributed by atoms with Gasteiger partial charge in [0.05, 0.1) is 0 Å². The minimum Gasteiger partial charge on any atom is -0.508 e. The number of carbonyl (C=O) groups is 1. The number of benzene rings is 3. The Hall–Kier alpha value is -3.35. The molecule has 0 radical (unpaired) electrons. The van der Waals surface area contributed by atoms with Crippen molar-refractivity contribution < 1.29 is 19.4 Å². The second-order valence-electron chi connectivity index (χ2n) is 8.85. The second kappa shape index (κ2) is 9.12. The summed E-state index contributed by atoms with van der Waals surface area (Å²) >= 11 is 1.34. The van der Waals surface area contributed by atoms with Gasteiger partial charge in [-0.05, 0) is 87.3 Å². The van der Waals surface area contributed by atoms with Gasteiger partial charge in [-0.1, -0.05) is 17.7 Å². The van der Waals surface area contributed by atoms with E-state index in [1.54, 1.807) is 18.2 Å². The number of thiophene rings is 1. The van der Waals surface area contributed by atoms with Gasteiger partial charge in [0.2, 0.25) is 5.78 Å². The Balaban J connectivity index is 1.51. The van der Waals surface area contributed by atoms with Crippen LogP contribution in [-0.2, 0) is 0 Å². The van der Waals surface area contributed by atoms with Crippen LogP contribution in [0.3, 0.4) is 0 Å². The molecule has 6 heteroatoms. The van der Waals surface area contributed by atoms with Gasteiger partial charge in [-0.2, -0.15) is 0 Å². The number of aromatic hydroxyl groups is 1. The first-order chi connectivity index (χ1) is 16.4. The summed E-state index contributed by atoms with van der Waals surface area (Å²) in [6.07, 6.45) is 1.18. The molecule has 1 saturated heterocycles. The number of ketones is 1. The normalized spacial score (nSPS) is 15.6. The van der Waals surface area contributed by atoms with Crippen molar-refractivity contribution in [2.45, 2.75) is 33.3 Å². The Morgan fingerprint density at radius 1 is 1.00 bits per heavy atom. The van der Waals surface area contributed by atoms with E-state index < -0.39 is 0 Å². The van der Waals surface area contributed by atoms with Crippen molar-refractivity contribution in [1.82, 2.24) is 5.32 Å². The van der Waals surface area contributed by atoms with Crippen LogP contribution in [0.5, 0.6) is 23.0 Å². The van der Waals surface area contributed by atoms with Crippen molar-refractivity contribution in [2.24, 2.45) is 0 Å². The van der Waals surface area contributed by atoms with Crippen LogP contribution in [0.4, 0.5) is 0 Å². The molecule has 5 rings (SSSR count). The molecular weight excluding hydrogens is 446 g/mol. The minimum atomic E-state index is -0.0700. The standard InChI is InChI=1S/C28H27NO4S/c1-16-12-17(2)25(18(3)13-16)26(31)28-27(23-9-4-19(30)14-24(23)34-28)33-21-7-5-20(6-8-21)32-22-10-11-29-15-22/h4-9,12-14,22,29-30H,10-11,15H2,1-3H3/t22-/m0/s1. The highest BCUT2D eigenvalue weighted by atomic mass is 32.1. The molecular formula is C28H27NO4S. The highest BCUT2D eigenvalue weighted by Crippen LogP contribution is 2.43. The van der Waals surface area contributed by atoms with Crippen molar-refractivity contribution in [2.75, 3.05) is 13.1 Å². The molecule has 0 amide bonds. The fraction of sp³-hybridized carbons (Fsp3) is 0.250. The Morgan fingerprint density at radius 3 is 2.38 bits per heavy atom. The maximum atomic E-state index is 13.8. The van der Waals surface area contributed by atoms with Gasteiger partial charge >= 0.3 is 0 Å². The zero-order valence-electron chi connectivity index (χ0n) is 19.5. The van der Waals surface area contributed by atoms with E-state index in [0.29, 0.717) is 21.9 Å². The van der Waals surface area contributed by atoms with Crippen molar-refractivity contribution >= 4 is 27.2 Å². The molecule has 1 aliphatic rings. The molecule has 1 aromatic heterocycles. The molecule has 34 heavy (non-hydrogen) atoms. The van der Waals surface area contributed by atoms with Gasteiger partial charge in [-0.15, -0.1) is 11.3 Å². The van der Waals surface area contributed by atoms with Gasteiger partial charge < -0.3 is 19.9 Å². The first kappa shape index (κ1) is 22.4. The van der Waals surface area contributed by atoms with Crippen molar-refractivity contribution in [3.05, 3.63) is 81.7 Å². The third kappa shape index (κ3) is 4.39. The van der Waals surface area contributed by atoms with Gasteiger partial charge in [-0.3, -0.25) is 4.79 Å². The monoisotopic (exact) mass is 473 g/mol. The summed E-state index contributed by atoms with van der Waals surface area (Å²) in [6, 6.07) is 16.6. The van der Waals surface area contributed by atoms with Crippen LogP contribution in [0.25, 0.3) is 10.1 Å². The Bertz CT molecular complexity index is 1340. The van der Waals surface area contributed by atoms with E-state index in [4.69, 9.17) is 9.47 Å². The van der Waals surface area contributed by atoms with E-state index in [1.807, 2.05) is 57.2 Å². The topological polar surface area (TPSA) is 67.8 Å². The first-order valence-electron chi connectivity index (χ1n) is 11.4. The summed E-state index contributed by atoms with van der Waals surface area (Å²) in [6.45, 7) is 7.79. The van der Waals surface area contributed by atoms with Gasteiger partial charge in [0, 0.05) is 22.2 Å². The van der Waals surface area contributed by atoms with Crippen LogP contribution in [0.2, 0.25) is 0 Å². The summed E-state index contributed by atoms with van der Waals surface area (Å²) in [7, 11) is 0. The smallest absolute Gasteiger partial charge is 0.207 e. The van der Waals surface area contributed by atoms with E-state index in [1.165, 1.54) is 11.3 Å². The molecule has 2 heterocycles. The SMILES string of the molecule is Cc1cc(C)c(C(=O)c2sc3cc(O)ccc3c2Oc2ccc(O[C@H]3CCNC3)cc2)c(C)c1. The van der Waals surface area contributed by atoms with Crippen LogP contribution in [0.15, 0.2) is 54.6 Å². The Morgan fingerprint density at radius 2 is 1.71 bits per heavy atom. The lowest BCUT2D eigenvalue weighted by Gasteiger charge is -2.14. The zero-order valence-corrected chi connectivity index (χ0v) is 20.3. The summed E-state index contributed by atoms with van der Waals surface area (Å²) in [5, 5.41) is 14.1. The van der Waals surface area contributed by atoms with Crippen LogP contribution in [0, 0.1) is 20.8 Å². The average Bonchev–Trinajstić information content (AvgIpc) is 3.42. The molecule has 0 unspecified atom stereocenters. The molecule has 0 aliphatic carbocycles. The lowest BCUT2D eigenvalue weighted by atomic mass is 9.95. The number of rotatable bonds is 6. The number of phenols is 1. The van der Waals surface area contributed by atoms with E-state index >= 15 is 0 Å². The molecule has 174 valence electrons. The fourth-order valence-electron chi connectivity index (χ4n) is 4.59. The van der Waals surface area contributed by atoms with Gasteiger partial charge in [0.15, 0.2) is 5.75 Å². The molecule has 1 atom stereocenters. The van der Waals surface area contributed by atoms with Crippen molar-refractivity contribution in [1.29, 1.82) is 0 Å². The Kier molecular flexibility index (Phi) is 6.02. The van der Waals surface area contributed by atoms with E-state index in [0.717, 1.165) is 52.0 Å². The lowest BCUT2D eigenvalue weighted by molar-refractivity contribution is 0.103. The van der Waals surface area contributed by atoms with E-state index in [-0.39, 0.29) is 17.6 Å². The average molecular weight is 474 g/mol. The number of phenolic OH excluding ortho intramolecular Hbond substituents is 1. The molecule has 1 aliphatic heterocycles. The molecule has 0 spiro atoms. The number of fused-ring (bicyclic) bond motifs is 1. The second-order valence-corrected chi connectivity index (χ2v) is 9.90. The molecule has 0 bridgehead atoms.